The molecule has 0 aliphatic rings. The molecule has 286 valence electrons. The maximum absolute atomic E-state index is 10.8. The van der Waals surface area contributed by atoms with Crippen molar-refractivity contribution in [3.8, 4) is 40.3 Å². The number of furan rings is 1. The van der Waals surface area contributed by atoms with Crippen molar-refractivity contribution in [2.45, 2.75) is 0 Å². The Bertz CT molecular complexity index is 4130. The van der Waals surface area contributed by atoms with Gasteiger partial charge in [-0.05, 0) is 78.9 Å². The number of rotatable bonds is 4. The SMILES string of the molecule is N#Cc1cc(-n2c3ccccc3c3c4c(ccc32)oc2ccccc24)ccc1-c1ccc(-n2c3ccccc3c3c2ccc2c4ccccc4n(-c4ccccc4)c23)cc1C#N. The summed E-state index contributed by atoms with van der Waals surface area (Å²) in [7, 11) is 0. The molecule has 0 N–H and O–H groups in total. The zero-order valence-corrected chi connectivity index (χ0v) is 33.0. The molecule has 9 aromatic carbocycles. The third-order valence-corrected chi connectivity index (χ3v) is 12.7. The van der Waals surface area contributed by atoms with Crippen LogP contribution in [0.2, 0.25) is 0 Å². The molecule has 0 unspecified atom stereocenters. The van der Waals surface area contributed by atoms with Crippen molar-refractivity contribution < 1.29 is 4.42 Å². The largest absolute Gasteiger partial charge is 0.456 e. The van der Waals surface area contributed by atoms with Gasteiger partial charge in [-0.15, -0.1) is 0 Å². The molecular weight excluding hydrogens is 759 g/mol. The average Bonchev–Trinajstić information content (AvgIpc) is 4.07. The van der Waals surface area contributed by atoms with Crippen LogP contribution in [0.4, 0.5) is 0 Å². The second-order valence-electron chi connectivity index (χ2n) is 15.9. The van der Waals surface area contributed by atoms with Gasteiger partial charge in [0.25, 0.3) is 0 Å². The van der Waals surface area contributed by atoms with E-state index in [2.05, 4.69) is 159 Å². The maximum Gasteiger partial charge on any atom is 0.136 e. The fourth-order valence-electron chi connectivity index (χ4n) is 10.2. The predicted molar refractivity (Wildman–Crippen MR) is 252 cm³/mol. The Balaban J connectivity index is 0.991. The lowest BCUT2D eigenvalue weighted by atomic mass is 9.95. The Morgan fingerprint density at radius 3 is 1.50 bits per heavy atom. The second-order valence-corrected chi connectivity index (χ2v) is 15.9. The van der Waals surface area contributed by atoms with E-state index in [1.807, 2.05) is 54.6 Å². The lowest BCUT2D eigenvalue weighted by Gasteiger charge is -2.14. The Morgan fingerprint density at radius 2 is 0.855 bits per heavy atom. The molecule has 0 fully saturated rings. The minimum absolute atomic E-state index is 0.487. The van der Waals surface area contributed by atoms with E-state index in [1.165, 1.54) is 10.8 Å². The number of aromatic nitrogens is 3. The molecular formula is C56H31N5O. The van der Waals surface area contributed by atoms with E-state index >= 15 is 0 Å². The topological polar surface area (TPSA) is 75.5 Å². The lowest BCUT2D eigenvalue weighted by molar-refractivity contribution is 0.669. The zero-order valence-electron chi connectivity index (χ0n) is 33.0. The fraction of sp³-hybridized carbons (Fsp3) is 0. The van der Waals surface area contributed by atoms with Gasteiger partial charge in [0, 0.05) is 71.3 Å². The molecule has 13 rings (SSSR count). The van der Waals surface area contributed by atoms with Gasteiger partial charge >= 0.3 is 0 Å². The zero-order chi connectivity index (χ0) is 41.1. The van der Waals surface area contributed by atoms with Crippen molar-refractivity contribution in [2.75, 3.05) is 0 Å². The normalized spacial score (nSPS) is 11.8. The summed E-state index contributed by atoms with van der Waals surface area (Å²) >= 11 is 0. The summed E-state index contributed by atoms with van der Waals surface area (Å²) in [6.07, 6.45) is 0. The van der Waals surface area contributed by atoms with Crippen molar-refractivity contribution in [1.82, 2.24) is 13.7 Å². The van der Waals surface area contributed by atoms with Crippen LogP contribution in [0.3, 0.4) is 0 Å². The highest BCUT2D eigenvalue weighted by Crippen LogP contribution is 2.44. The first kappa shape index (κ1) is 34.1. The van der Waals surface area contributed by atoms with Gasteiger partial charge in [-0.2, -0.15) is 10.5 Å². The second kappa shape index (κ2) is 12.8. The fourth-order valence-corrected chi connectivity index (χ4v) is 10.2. The summed E-state index contributed by atoms with van der Waals surface area (Å²) in [5.74, 6) is 0. The van der Waals surface area contributed by atoms with Crippen LogP contribution >= 0.6 is 0 Å². The maximum atomic E-state index is 10.8. The molecule has 0 aliphatic carbocycles. The van der Waals surface area contributed by atoms with Gasteiger partial charge in [0.2, 0.25) is 0 Å². The van der Waals surface area contributed by atoms with E-state index in [-0.39, 0.29) is 0 Å². The Hall–Kier alpha value is -8.84. The molecule has 0 saturated carbocycles. The molecule has 4 aromatic heterocycles. The molecule has 0 amide bonds. The van der Waals surface area contributed by atoms with Gasteiger partial charge in [0.05, 0.1) is 56.4 Å². The molecule has 4 heterocycles. The van der Waals surface area contributed by atoms with Crippen molar-refractivity contribution in [1.29, 1.82) is 10.5 Å². The van der Waals surface area contributed by atoms with Gasteiger partial charge in [0.15, 0.2) is 0 Å². The number of nitrogens with zero attached hydrogens (tertiary/aromatic N) is 5. The highest BCUT2D eigenvalue weighted by Gasteiger charge is 2.23. The van der Waals surface area contributed by atoms with E-state index in [1.54, 1.807) is 0 Å². The van der Waals surface area contributed by atoms with E-state index < -0.39 is 0 Å². The highest BCUT2D eigenvalue weighted by atomic mass is 16.3. The lowest BCUT2D eigenvalue weighted by Crippen LogP contribution is -1.99. The molecule has 0 bridgehead atoms. The van der Waals surface area contributed by atoms with Crippen LogP contribution in [0.5, 0.6) is 0 Å². The molecule has 62 heavy (non-hydrogen) atoms. The van der Waals surface area contributed by atoms with Crippen LogP contribution in [-0.4, -0.2) is 13.7 Å². The smallest absolute Gasteiger partial charge is 0.136 e. The molecule has 0 atom stereocenters. The highest BCUT2D eigenvalue weighted by molar-refractivity contribution is 6.28. The quantitative estimate of drug-likeness (QED) is 0.178. The van der Waals surface area contributed by atoms with Gasteiger partial charge in [-0.3, -0.25) is 0 Å². The molecule has 0 saturated heterocycles. The van der Waals surface area contributed by atoms with E-state index in [0.717, 1.165) is 93.6 Å². The summed E-state index contributed by atoms with van der Waals surface area (Å²) in [5, 5.41) is 30.6. The van der Waals surface area contributed by atoms with Crippen molar-refractivity contribution >= 4 is 87.4 Å². The molecule has 0 aliphatic heterocycles. The summed E-state index contributed by atoms with van der Waals surface area (Å²) in [4.78, 5) is 0. The number of hydrogen-bond acceptors (Lipinski definition) is 3. The summed E-state index contributed by atoms with van der Waals surface area (Å²) in [5.41, 5.74) is 13.4. The predicted octanol–water partition coefficient (Wildman–Crippen LogP) is 14.3. The number of hydrogen-bond donors (Lipinski definition) is 0. The number of benzene rings is 9. The Labute approximate surface area is 354 Å². The monoisotopic (exact) mass is 789 g/mol. The summed E-state index contributed by atoms with van der Waals surface area (Å²) in [6.45, 7) is 0. The van der Waals surface area contributed by atoms with Crippen molar-refractivity contribution in [3.05, 3.63) is 199 Å². The molecule has 0 spiro atoms. The number of nitriles is 2. The van der Waals surface area contributed by atoms with Crippen LogP contribution in [0.25, 0.3) is 116 Å². The summed E-state index contributed by atoms with van der Waals surface area (Å²) in [6, 6.07) is 69.7. The first-order valence-corrected chi connectivity index (χ1v) is 20.6. The van der Waals surface area contributed by atoms with Crippen molar-refractivity contribution in [2.24, 2.45) is 0 Å². The third kappa shape index (κ3) is 4.61. The summed E-state index contributed by atoms with van der Waals surface area (Å²) < 4.78 is 13.2. The molecule has 6 heteroatoms. The standard InChI is InChI=1S/C56H31N5O/c57-32-34-30-37(59-47-19-9-5-15-43(47)53-49(59)28-29-52-55(53)45-17-7-11-21-51(45)62-52)22-24-39(34)40-25-23-38(31-35(40)33-58)60-48-20-10-6-16-44(48)54-50(60)27-26-42-41-14-4-8-18-46(41)61(56(42)54)36-12-2-1-3-13-36/h1-31H. The number of fused-ring (bicyclic) bond motifs is 14. The average molecular weight is 790 g/mol. The van der Waals surface area contributed by atoms with Gasteiger partial charge in [-0.1, -0.05) is 109 Å². The van der Waals surface area contributed by atoms with Crippen LogP contribution in [0.1, 0.15) is 11.1 Å². The van der Waals surface area contributed by atoms with Crippen LogP contribution in [0.15, 0.2) is 192 Å². The van der Waals surface area contributed by atoms with Crippen LogP contribution < -0.4 is 0 Å². The molecule has 0 radical (unpaired) electrons. The Kier molecular flexibility index (Phi) is 7.05. The first-order valence-electron chi connectivity index (χ1n) is 20.6. The first-order chi connectivity index (χ1) is 30.7. The van der Waals surface area contributed by atoms with Crippen LogP contribution in [-0.2, 0) is 0 Å². The number of para-hydroxylation sites is 5. The van der Waals surface area contributed by atoms with Gasteiger partial charge in [0.1, 0.15) is 11.2 Å². The van der Waals surface area contributed by atoms with Gasteiger partial charge < -0.3 is 18.1 Å². The third-order valence-electron chi connectivity index (χ3n) is 12.7. The van der Waals surface area contributed by atoms with Crippen molar-refractivity contribution in [3.63, 3.8) is 0 Å². The molecule has 13 aromatic rings. The Morgan fingerprint density at radius 1 is 0.339 bits per heavy atom. The van der Waals surface area contributed by atoms with E-state index in [4.69, 9.17) is 4.42 Å². The van der Waals surface area contributed by atoms with E-state index in [0.29, 0.717) is 22.3 Å². The molecule has 6 nitrogen and oxygen atoms in total. The van der Waals surface area contributed by atoms with Gasteiger partial charge in [-0.25, -0.2) is 0 Å². The van der Waals surface area contributed by atoms with E-state index in [9.17, 15) is 10.5 Å². The minimum Gasteiger partial charge on any atom is -0.456 e. The minimum atomic E-state index is 0.487. The van der Waals surface area contributed by atoms with Crippen LogP contribution in [0, 0.1) is 22.7 Å².